The molecule has 3 rings (SSSR count). The van der Waals surface area contributed by atoms with Crippen LogP contribution in [0.4, 0.5) is 18.0 Å². The van der Waals surface area contributed by atoms with Crippen LogP contribution in [0.2, 0.25) is 0 Å². The summed E-state index contributed by atoms with van der Waals surface area (Å²) in [6.07, 6.45) is -3.59. The number of ether oxygens (including phenoxy) is 2. The van der Waals surface area contributed by atoms with Crippen LogP contribution in [0.15, 0.2) is 18.2 Å². The molecule has 0 aromatic heterocycles. The third-order valence-electron chi connectivity index (χ3n) is 4.33. The van der Waals surface area contributed by atoms with Crippen LogP contribution in [-0.4, -0.2) is 55.4 Å². The summed E-state index contributed by atoms with van der Waals surface area (Å²) >= 11 is 0. The second-order valence-corrected chi connectivity index (χ2v) is 6.32. The highest BCUT2D eigenvalue weighted by Gasteiger charge is 2.36. The number of carbonyl (C=O) groups is 2. The van der Waals surface area contributed by atoms with Crippen molar-refractivity contribution in [2.45, 2.75) is 31.6 Å². The molecule has 0 bridgehead atoms. The highest BCUT2D eigenvalue weighted by atomic mass is 19.4. The van der Waals surface area contributed by atoms with Crippen molar-refractivity contribution in [3.63, 3.8) is 0 Å². The number of carbonyl (C=O) groups excluding carboxylic acids is 2. The summed E-state index contributed by atoms with van der Waals surface area (Å²) in [7, 11) is 0. The van der Waals surface area contributed by atoms with Gasteiger partial charge in [-0.2, -0.15) is 13.2 Å². The van der Waals surface area contributed by atoms with E-state index in [0.717, 1.165) is 5.56 Å². The number of hydrogen-bond donors (Lipinski definition) is 2. The molecule has 1 saturated heterocycles. The molecule has 1 aromatic carbocycles. The topological polar surface area (TPSA) is 79.9 Å². The first-order valence-corrected chi connectivity index (χ1v) is 8.61. The fourth-order valence-corrected chi connectivity index (χ4v) is 3.06. The van der Waals surface area contributed by atoms with Gasteiger partial charge in [0.25, 0.3) is 0 Å². The monoisotopic (exact) mass is 387 g/mol. The summed E-state index contributed by atoms with van der Waals surface area (Å²) in [5.41, 5.74) is 0.782. The van der Waals surface area contributed by atoms with E-state index in [0.29, 0.717) is 44.1 Å². The van der Waals surface area contributed by atoms with E-state index in [4.69, 9.17) is 9.47 Å². The summed E-state index contributed by atoms with van der Waals surface area (Å²) in [5, 5.41) is 4.53. The van der Waals surface area contributed by atoms with Crippen LogP contribution < -0.4 is 20.1 Å². The maximum absolute atomic E-state index is 12.4. The van der Waals surface area contributed by atoms with Crippen LogP contribution in [-0.2, 0) is 11.3 Å². The standard InChI is InChI=1S/C17H20F3N3O4/c18-17(19,20)10-22-15(24)12-2-1-5-23(12)16(25)21-9-11-3-4-13-14(8-11)27-7-6-26-13/h3-4,8,12H,1-2,5-7,9-10H2,(H,21,25)(H,22,24)/t12-/m0/s1. The van der Waals surface area contributed by atoms with Gasteiger partial charge in [0.1, 0.15) is 25.8 Å². The van der Waals surface area contributed by atoms with E-state index in [1.54, 1.807) is 18.2 Å². The van der Waals surface area contributed by atoms with Crippen LogP contribution in [0.5, 0.6) is 11.5 Å². The number of amides is 3. The molecule has 0 unspecified atom stereocenters. The minimum absolute atomic E-state index is 0.197. The first-order chi connectivity index (χ1) is 12.8. The third-order valence-corrected chi connectivity index (χ3v) is 4.33. The quantitative estimate of drug-likeness (QED) is 0.826. The lowest BCUT2D eigenvalue weighted by molar-refractivity contribution is -0.140. The van der Waals surface area contributed by atoms with Crippen molar-refractivity contribution in [1.82, 2.24) is 15.5 Å². The van der Waals surface area contributed by atoms with E-state index in [1.165, 1.54) is 4.90 Å². The Morgan fingerprint density at radius 3 is 2.63 bits per heavy atom. The lowest BCUT2D eigenvalue weighted by Gasteiger charge is -2.24. The Morgan fingerprint density at radius 1 is 1.15 bits per heavy atom. The zero-order valence-electron chi connectivity index (χ0n) is 14.5. The van der Waals surface area contributed by atoms with E-state index >= 15 is 0 Å². The second-order valence-electron chi connectivity index (χ2n) is 6.32. The van der Waals surface area contributed by atoms with Crippen LogP contribution in [0.1, 0.15) is 18.4 Å². The first kappa shape index (κ1) is 19.1. The molecule has 1 fully saturated rings. The second kappa shape index (κ2) is 7.93. The molecule has 0 aliphatic carbocycles. The number of benzene rings is 1. The maximum Gasteiger partial charge on any atom is 0.405 e. The normalized spacial score (nSPS) is 18.9. The van der Waals surface area contributed by atoms with Gasteiger partial charge in [0, 0.05) is 13.1 Å². The van der Waals surface area contributed by atoms with Crippen molar-refractivity contribution in [2.75, 3.05) is 26.3 Å². The van der Waals surface area contributed by atoms with Crippen LogP contribution >= 0.6 is 0 Å². The van der Waals surface area contributed by atoms with Gasteiger partial charge in [0.2, 0.25) is 5.91 Å². The van der Waals surface area contributed by atoms with E-state index < -0.39 is 30.7 Å². The predicted molar refractivity (Wildman–Crippen MR) is 88.5 cm³/mol. The highest BCUT2D eigenvalue weighted by molar-refractivity contribution is 5.87. The summed E-state index contributed by atoms with van der Waals surface area (Å²) in [5.74, 6) is 0.440. The Balaban J connectivity index is 1.54. The summed E-state index contributed by atoms with van der Waals surface area (Å²) in [6, 6.07) is 3.90. The third kappa shape index (κ3) is 4.95. The Hall–Kier alpha value is -2.65. The fraction of sp³-hybridized carbons (Fsp3) is 0.529. The van der Waals surface area contributed by atoms with Crippen molar-refractivity contribution in [3.05, 3.63) is 23.8 Å². The average molecular weight is 387 g/mol. The van der Waals surface area contributed by atoms with E-state index in [-0.39, 0.29) is 6.54 Å². The molecule has 2 aliphatic rings. The number of nitrogens with one attached hydrogen (secondary N) is 2. The van der Waals surface area contributed by atoms with Crippen LogP contribution in [0.25, 0.3) is 0 Å². The number of urea groups is 1. The largest absolute Gasteiger partial charge is 0.486 e. The molecule has 1 atom stereocenters. The summed E-state index contributed by atoms with van der Waals surface area (Å²) in [4.78, 5) is 25.6. The van der Waals surface area contributed by atoms with Crippen LogP contribution in [0.3, 0.4) is 0 Å². The van der Waals surface area contributed by atoms with Crippen molar-refractivity contribution in [2.24, 2.45) is 0 Å². The molecule has 1 aromatic rings. The van der Waals surface area contributed by atoms with Gasteiger partial charge in [-0.25, -0.2) is 4.79 Å². The molecule has 10 heteroatoms. The highest BCUT2D eigenvalue weighted by Crippen LogP contribution is 2.30. The lowest BCUT2D eigenvalue weighted by atomic mass is 10.2. The number of fused-ring (bicyclic) bond motifs is 1. The number of halogens is 3. The molecular formula is C17H20F3N3O4. The molecule has 2 aliphatic heterocycles. The number of likely N-dealkylation sites (tertiary alicyclic amines) is 1. The zero-order chi connectivity index (χ0) is 19.4. The smallest absolute Gasteiger partial charge is 0.405 e. The molecule has 0 spiro atoms. The van der Waals surface area contributed by atoms with Gasteiger partial charge in [0.05, 0.1) is 0 Å². The molecule has 3 amide bonds. The molecule has 27 heavy (non-hydrogen) atoms. The minimum atomic E-state index is -4.49. The number of hydrogen-bond acceptors (Lipinski definition) is 4. The lowest BCUT2D eigenvalue weighted by Crippen LogP contribution is -2.50. The Morgan fingerprint density at radius 2 is 1.89 bits per heavy atom. The van der Waals surface area contributed by atoms with Gasteiger partial charge in [-0.1, -0.05) is 6.07 Å². The van der Waals surface area contributed by atoms with Crippen molar-refractivity contribution in [3.8, 4) is 11.5 Å². The van der Waals surface area contributed by atoms with Gasteiger partial charge >= 0.3 is 12.2 Å². The van der Waals surface area contributed by atoms with Crippen molar-refractivity contribution < 1.29 is 32.2 Å². The van der Waals surface area contributed by atoms with Crippen molar-refractivity contribution in [1.29, 1.82) is 0 Å². The SMILES string of the molecule is O=C(NCC(F)(F)F)[C@@H]1CCCN1C(=O)NCc1ccc2c(c1)OCCO2. The first-order valence-electron chi connectivity index (χ1n) is 8.61. The molecule has 0 saturated carbocycles. The fourth-order valence-electron chi connectivity index (χ4n) is 3.06. The van der Waals surface area contributed by atoms with Gasteiger partial charge in [-0.15, -0.1) is 0 Å². The van der Waals surface area contributed by atoms with E-state index in [9.17, 15) is 22.8 Å². The van der Waals surface area contributed by atoms with E-state index in [2.05, 4.69) is 5.32 Å². The Bertz CT molecular complexity index is 711. The number of nitrogens with zero attached hydrogens (tertiary/aromatic N) is 1. The summed E-state index contributed by atoms with van der Waals surface area (Å²) in [6.45, 7) is 0.0378. The number of alkyl halides is 3. The predicted octanol–water partition coefficient (Wildman–Crippen LogP) is 1.81. The van der Waals surface area contributed by atoms with Gasteiger partial charge in [-0.05, 0) is 30.5 Å². The van der Waals surface area contributed by atoms with Crippen molar-refractivity contribution >= 4 is 11.9 Å². The summed E-state index contributed by atoms with van der Waals surface area (Å²) < 4.78 is 47.7. The average Bonchev–Trinajstić information content (AvgIpc) is 3.13. The zero-order valence-corrected chi connectivity index (χ0v) is 14.5. The Kier molecular flexibility index (Phi) is 5.62. The van der Waals surface area contributed by atoms with Gasteiger partial charge < -0.3 is 25.0 Å². The molecule has 7 nitrogen and oxygen atoms in total. The minimum Gasteiger partial charge on any atom is -0.486 e. The van der Waals surface area contributed by atoms with E-state index in [1.807, 2.05) is 5.32 Å². The van der Waals surface area contributed by atoms with Gasteiger partial charge in [0.15, 0.2) is 11.5 Å². The molecule has 2 N–H and O–H groups in total. The molecule has 2 heterocycles. The Labute approximate surface area is 153 Å². The molecule has 0 radical (unpaired) electrons. The number of rotatable bonds is 4. The maximum atomic E-state index is 12.4. The van der Waals surface area contributed by atoms with Crippen LogP contribution in [0, 0.1) is 0 Å². The van der Waals surface area contributed by atoms with Gasteiger partial charge in [-0.3, -0.25) is 4.79 Å². The molecule has 148 valence electrons. The molecular weight excluding hydrogens is 367 g/mol.